The van der Waals surface area contributed by atoms with Crippen LogP contribution >= 0.6 is 15.9 Å². The molecule has 0 radical (unpaired) electrons. The number of hydrogen-bond acceptors (Lipinski definition) is 2. The smallest absolute Gasteiger partial charge is 0.0767 e. The van der Waals surface area contributed by atoms with E-state index in [1.165, 1.54) is 5.69 Å². The van der Waals surface area contributed by atoms with Crippen molar-refractivity contribution in [3.63, 3.8) is 0 Å². The maximum Gasteiger partial charge on any atom is 0.0767 e. The SMILES string of the molecule is C=CCCNCc1c(Br)c(CC)nn1CC. The summed E-state index contributed by atoms with van der Waals surface area (Å²) in [6.45, 7) is 10.7. The van der Waals surface area contributed by atoms with E-state index in [2.05, 4.69) is 51.5 Å². The van der Waals surface area contributed by atoms with Gasteiger partial charge < -0.3 is 5.32 Å². The van der Waals surface area contributed by atoms with Crippen molar-refractivity contribution in [1.29, 1.82) is 0 Å². The molecule has 4 heteroatoms. The molecule has 1 aromatic rings. The van der Waals surface area contributed by atoms with Gasteiger partial charge in [-0.15, -0.1) is 6.58 Å². The Balaban J connectivity index is 2.69. The molecule has 90 valence electrons. The van der Waals surface area contributed by atoms with Gasteiger partial charge in [0.15, 0.2) is 0 Å². The summed E-state index contributed by atoms with van der Waals surface area (Å²) >= 11 is 3.63. The molecule has 0 aliphatic carbocycles. The lowest BCUT2D eigenvalue weighted by Crippen LogP contribution is -2.17. The summed E-state index contributed by atoms with van der Waals surface area (Å²) < 4.78 is 3.21. The normalized spacial score (nSPS) is 10.7. The third kappa shape index (κ3) is 3.19. The van der Waals surface area contributed by atoms with Gasteiger partial charge >= 0.3 is 0 Å². The van der Waals surface area contributed by atoms with Crippen molar-refractivity contribution in [1.82, 2.24) is 15.1 Å². The van der Waals surface area contributed by atoms with Crippen molar-refractivity contribution in [2.45, 2.75) is 39.8 Å². The highest BCUT2D eigenvalue weighted by Crippen LogP contribution is 2.22. The Morgan fingerprint density at radius 1 is 1.50 bits per heavy atom. The molecular formula is C12H20BrN3. The van der Waals surface area contributed by atoms with E-state index in [0.717, 1.165) is 42.6 Å². The first-order chi connectivity index (χ1) is 7.74. The van der Waals surface area contributed by atoms with Crippen LogP contribution in [0.25, 0.3) is 0 Å². The molecule has 1 aromatic heterocycles. The number of rotatable bonds is 7. The first kappa shape index (κ1) is 13.5. The minimum absolute atomic E-state index is 0.856. The predicted octanol–water partition coefficient (Wildman–Crippen LogP) is 2.89. The number of aryl methyl sites for hydroxylation is 2. The molecule has 1 N–H and O–H groups in total. The van der Waals surface area contributed by atoms with Gasteiger partial charge in [-0.2, -0.15) is 5.10 Å². The molecule has 0 fully saturated rings. The van der Waals surface area contributed by atoms with Crippen molar-refractivity contribution in [2.75, 3.05) is 6.54 Å². The van der Waals surface area contributed by atoms with Gasteiger partial charge in [0.2, 0.25) is 0 Å². The summed E-state index contributed by atoms with van der Waals surface area (Å²) in [5, 5.41) is 7.95. The molecule has 0 unspecified atom stereocenters. The van der Waals surface area contributed by atoms with Gasteiger partial charge in [-0.1, -0.05) is 13.0 Å². The van der Waals surface area contributed by atoms with E-state index in [4.69, 9.17) is 0 Å². The second kappa shape index (κ2) is 6.86. The van der Waals surface area contributed by atoms with Gasteiger partial charge in [0.05, 0.1) is 15.9 Å². The van der Waals surface area contributed by atoms with Crippen LogP contribution in [0.5, 0.6) is 0 Å². The molecule has 0 atom stereocenters. The van der Waals surface area contributed by atoms with Crippen LogP contribution in [-0.4, -0.2) is 16.3 Å². The van der Waals surface area contributed by atoms with E-state index in [1.807, 2.05) is 6.08 Å². The highest BCUT2D eigenvalue weighted by Gasteiger charge is 2.12. The molecule has 0 spiro atoms. The maximum absolute atomic E-state index is 4.56. The summed E-state index contributed by atoms with van der Waals surface area (Å²) in [6.07, 6.45) is 3.89. The zero-order valence-electron chi connectivity index (χ0n) is 10.1. The largest absolute Gasteiger partial charge is 0.311 e. The minimum Gasteiger partial charge on any atom is -0.311 e. The fourth-order valence-corrected chi connectivity index (χ4v) is 2.30. The number of nitrogens with one attached hydrogen (secondary N) is 1. The Kier molecular flexibility index (Phi) is 5.77. The average Bonchev–Trinajstić information content (AvgIpc) is 2.61. The molecule has 1 heterocycles. The Morgan fingerprint density at radius 3 is 2.81 bits per heavy atom. The van der Waals surface area contributed by atoms with E-state index >= 15 is 0 Å². The van der Waals surface area contributed by atoms with Crippen molar-refractivity contribution >= 4 is 15.9 Å². The van der Waals surface area contributed by atoms with Gasteiger partial charge in [0.1, 0.15) is 0 Å². The Bertz CT molecular complexity index is 344. The monoisotopic (exact) mass is 285 g/mol. The van der Waals surface area contributed by atoms with Crippen LogP contribution in [0, 0.1) is 0 Å². The van der Waals surface area contributed by atoms with Gasteiger partial charge in [0.25, 0.3) is 0 Å². The lowest BCUT2D eigenvalue weighted by molar-refractivity contribution is 0.579. The average molecular weight is 286 g/mol. The van der Waals surface area contributed by atoms with E-state index in [0.29, 0.717) is 0 Å². The first-order valence-corrected chi connectivity index (χ1v) is 6.59. The molecule has 3 nitrogen and oxygen atoms in total. The minimum atomic E-state index is 0.856. The van der Waals surface area contributed by atoms with Gasteiger partial charge in [-0.3, -0.25) is 4.68 Å². The Hall–Kier alpha value is -0.610. The van der Waals surface area contributed by atoms with Crippen LogP contribution in [0.2, 0.25) is 0 Å². The molecule has 16 heavy (non-hydrogen) atoms. The number of aromatic nitrogens is 2. The molecule has 1 rings (SSSR count). The van der Waals surface area contributed by atoms with Crippen LogP contribution in [0.4, 0.5) is 0 Å². The molecular weight excluding hydrogens is 266 g/mol. The molecule has 0 bridgehead atoms. The van der Waals surface area contributed by atoms with Crippen LogP contribution < -0.4 is 5.32 Å². The van der Waals surface area contributed by atoms with Crippen LogP contribution in [0.1, 0.15) is 31.7 Å². The second-order valence-electron chi connectivity index (χ2n) is 3.63. The Labute approximate surface area is 106 Å². The fraction of sp³-hybridized carbons (Fsp3) is 0.583. The lowest BCUT2D eigenvalue weighted by atomic mass is 10.3. The van der Waals surface area contributed by atoms with Crippen molar-refractivity contribution in [3.05, 3.63) is 28.5 Å². The topological polar surface area (TPSA) is 29.9 Å². The quantitative estimate of drug-likeness (QED) is 0.617. The molecule has 0 aliphatic rings. The van der Waals surface area contributed by atoms with Crippen LogP contribution in [0.3, 0.4) is 0 Å². The highest BCUT2D eigenvalue weighted by molar-refractivity contribution is 9.10. The van der Waals surface area contributed by atoms with E-state index in [9.17, 15) is 0 Å². The van der Waals surface area contributed by atoms with Crippen molar-refractivity contribution in [2.24, 2.45) is 0 Å². The number of hydrogen-bond donors (Lipinski definition) is 1. The van der Waals surface area contributed by atoms with E-state index in [1.54, 1.807) is 0 Å². The van der Waals surface area contributed by atoms with Crippen LogP contribution in [-0.2, 0) is 19.5 Å². The summed E-state index contributed by atoms with van der Waals surface area (Å²) in [5.41, 5.74) is 2.38. The summed E-state index contributed by atoms with van der Waals surface area (Å²) in [6, 6.07) is 0. The Morgan fingerprint density at radius 2 is 2.25 bits per heavy atom. The van der Waals surface area contributed by atoms with Crippen LogP contribution in [0.15, 0.2) is 17.1 Å². The number of nitrogens with zero attached hydrogens (tertiary/aromatic N) is 2. The standard InChI is InChI=1S/C12H20BrN3/c1-4-7-8-14-9-11-12(13)10(5-2)15-16(11)6-3/h4,14H,1,5-9H2,2-3H3. The zero-order chi connectivity index (χ0) is 12.0. The molecule has 0 saturated heterocycles. The van der Waals surface area contributed by atoms with Gasteiger partial charge in [-0.05, 0) is 42.2 Å². The summed E-state index contributed by atoms with van der Waals surface area (Å²) in [7, 11) is 0. The molecule has 0 aromatic carbocycles. The van der Waals surface area contributed by atoms with E-state index < -0.39 is 0 Å². The fourth-order valence-electron chi connectivity index (χ4n) is 1.60. The first-order valence-electron chi connectivity index (χ1n) is 5.80. The van der Waals surface area contributed by atoms with Crippen molar-refractivity contribution < 1.29 is 0 Å². The lowest BCUT2D eigenvalue weighted by Gasteiger charge is -2.06. The predicted molar refractivity (Wildman–Crippen MR) is 71.5 cm³/mol. The van der Waals surface area contributed by atoms with Gasteiger partial charge in [-0.25, -0.2) is 0 Å². The third-order valence-corrected chi connectivity index (χ3v) is 3.43. The highest BCUT2D eigenvalue weighted by atomic mass is 79.9. The van der Waals surface area contributed by atoms with E-state index in [-0.39, 0.29) is 0 Å². The summed E-state index contributed by atoms with van der Waals surface area (Å²) in [4.78, 5) is 0. The maximum atomic E-state index is 4.56. The zero-order valence-corrected chi connectivity index (χ0v) is 11.7. The van der Waals surface area contributed by atoms with Crippen molar-refractivity contribution in [3.8, 4) is 0 Å². The second-order valence-corrected chi connectivity index (χ2v) is 4.42. The third-order valence-electron chi connectivity index (χ3n) is 2.51. The number of halogens is 1. The summed E-state index contributed by atoms with van der Waals surface area (Å²) in [5.74, 6) is 0. The molecule has 0 aliphatic heterocycles. The molecule has 0 saturated carbocycles. The molecule has 0 amide bonds. The van der Waals surface area contributed by atoms with Gasteiger partial charge in [0, 0.05) is 13.1 Å².